The van der Waals surface area contributed by atoms with Crippen molar-refractivity contribution >= 4 is 5.78 Å². The van der Waals surface area contributed by atoms with E-state index in [1.807, 2.05) is 0 Å². The van der Waals surface area contributed by atoms with Crippen molar-refractivity contribution in [1.82, 2.24) is 5.32 Å². The maximum absolute atomic E-state index is 12.6. The number of ketones is 1. The maximum atomic E-state index is 12.6. The SMILES string of the molecule is COCCNC[C@@]1(O)CC[C@@]2(C)[C@@H](CC[C@@H]3[C@@H]2CC[C@]2(C)C(=O)CC[C@@H]32)C1. The van der Waals surface area contributed by atoms with Crippen molar-refractivity contribution in [2.75, 3.05) is 26.8 Å². The minimum Gasteiger partial charge on any atom is -0.389 e. The zero-order chi connectivity index (χ0) is 19.3. The summed E-state index contributed by atoms with van der Waals surface area (Å²) in [6.07, 6.45) is 9.76. The summed E-state index contributed by atoms with van der Waals surface area (Å²) in [7, 11) is 1.72. The Balaban J connectivity index is 1.45. The first kappa shape index (κ1) is 19.8. The van der Waals surface area contributed by atoms with Crippen molar-refractivity contribution < 1.29 is 14.6 Å². The Morgan fingerprint density at radius 3 is 2.70 bits per heavy atom. The molecule has 0 saturated heterocycles. The van der Waals surface area contributed by atoms with Crippen LogP contribution in [-0.2, 0) is 9.53 Å². The van der Waals surface area contributed by atoms with Crippen LogP contribution in [0.15, 0.2) is 0 Å². The minimum atomic E-state index is -0.558. The number of carbonyl (C=O) groups excluding carboxylic acids is 1. The Bertz CT molecular complexity index is 580. The normalized spacial score (nSPS) is 49.4. The molecule has 0 aliphatic heterocycles. The zero-order valence-corrected chi connectivity index (χ0v) is 17.6. The molecule has 4 rings (SSSR count). The number of hydrogen-bond donors (Lipinski definition) is 2. The van der Waals surface area contributed by atoms with E-state index < -0.39 is 5.60 Å². The van der Waals surface area contributed by atoms with Crippen LogP contribution < -0.4 is 5.32 Å². The van der Waals surface area contributed by atoms with Crippen LogP contribution in [0, 0.1) is 34.5 Å². The zero-order valence-electron chi connectivity index (χ0n) is 17.6. The lowest BCUT2D eigenvalue weighted by Crippen LogP contribution is -2.57. The first-order chi connectivity index (χ1) is 12.8. The molecule has 0 heterocycles. The molecule has 4 aliphatic rings. The summed E-state index contributed by atoms with van der Waals surface area (Å²) in [4.78, 5) is 12.6. The van der Waals surface area contributed by atoms with Gasteiger partial charge in [0, 0.05) is 32.0 Å². The van der Waals surface area contributed by atoms with Gasteiger partial charge in [-0.15, -0.1) is 0 Å². The lowest BCUT2D eigenvalue weighted by molar-refractivity contribution is -0.153. The quantitative estimate of drug-likeness (QED) is 0.719. The van der Waals surface area contributed by atoms with Crippen LogP contribution in [0.3, 0.4) is 0 Å². The van der Waals surface area contributed by atoms with Gasteiger partial charge >= 0.3 is 0 Å². The molecule has 0 aromatic carbocycles. The average Bonchev–Trinajstić information content (AvgIpc) is 2.95. The molecule has 4 aliphatic carbocycles. The largest absolute Gasteiger partial charge is 0.389 e. The molecule has 0 spiro atoms. The van der Waals surface area contributed by atoms with Crippen molar-refractivity contribution in [3.63, 3.8) is 0 Å². The Hall–Kier alpha value is -0.450. The van der Waals surface area contributed by atoms with Gasteiger partial charge in [-0.2, -0.15) is 0 Å². The summed E-state index contributed by atoms with van der Waals surface area (Å²) in [6.45, 7) is 6.97. The summed E-state index contributed by atoms with van der Waals surface area (Å²) in [5.74, 6) is 3.29. The van der Waals surface area contributed by atoms with Crippen LogP contribution in [0.5, 0.6) is 0 Å². The van der Waals surface area contributed by atoms with Gasteiger partial charge in [-0.05, 0) is 80.5 Å². The second-order valence-electron chi connectivity index (χ2n) is 10.7. The van der Waals surface area contributed by atoms with Crippen molar-refractivity contribution in [1.29, 1.82) is 0 Å². The Labute approximate surface area is 164 Å². The molecular formula is C23H39NO3. The summed E-state index contributed by atoms with van der Waals surface area (Å²) in [5.41, 5.74) is -0.225. The Kier molecular flexibility index (Phi) is 5.22. The molecule has 4 saturated carbocycles. The molecule has 4 nitrogen and oxygen atoms in total. The standard InChI is InChI=1S/C23H39NO3/c1-21-10-11-23(26,15-24-12-13-27-3)14-16(21)4-5-17-18-6-7-20(25)22(18,2)9-8-19(17)21/h16-19,24,26H,4-15H2,1-3H3/t16-,17-,18-,19-,21-,22-,23+/m0/s1. The van der Waals surface area contributed by atoms with Gasteiger partial charge in [-0.3, -0.25) is 4.79 Å². The summed E-state index contributed by atoms with van der Waals surface area (Å²) in [5, 5.41) is 14.6. The summed E-state index contributed by atoms with van der Waals surface area (Å²) in [6, 6.07) is 0. The average molecular weight is 378 g/mol. The first-order valence-electron chi connectivity index (χ1n) is 11.3. The lowest BCUT2D eigenvalue weighted by atomic mass is 9.44. The van der Waals surface area contributed by atoms with E-state index in [1.54, 1.807) is 7.11 Å². The molecule has 0 bridgehead atoms. The van der Waals surface area contributed by atoms with Crippen LogP contribution in [0.25, 0.3) is 0 Å². The highest BCUT2D eigenvalue weighted by atomic mass is 16.5. The molecule has 154 valence electrons. The number of rotatable bonds is 5. The van der Waals surface area contributed by atoms with E-state index in [1.165, 1.54) is 19.3 Å². The molecule has 0 aromatic heterocycles. The van der Waals surface area contributed by atoms with Gasteiger partial charge in [0.25, 0.3) is 0 Å². The van der Waals surface area contributed by atoms with Crippen LogP contribution in [0.4, 0.5) is 0 Å². The number of methoxy groups -OCH3 is 1. The molecule has 0 amide bonds. The van der Waals surface area contributed by atoms with Crippen molar-refractivity contribution in [3.05, 3.63) is 0 Å². The van der Waals surface area contributed by atoms with E-state index in [9.17, 15) is 9.90 Å². The van der Waals surface area contributed by atoms with Crippen LogP contribution >= 0.6 is 0 Å². The van der Waals surface area contributed by atoms with E-state index in [4.69, 9.17) is 4.74 Å². The van der Waals surface area contributed by atoms with Crippen LogP contribution in [0.2, 0.25) is 0 Å². The fourth-order valence-corrected chi connectivity index (χ4v) is 7.75. The number of hydrogen-bond acceptors (Lipinski definition) is 4. The molecule has 4 fully saturated rings. The van der Waals surface area contributed by atoms with Gasteiger partial charge in [0.1, 0.15) is 5.78 Å². The predicted molar refractivity (Wildman–Crippen MR) is 106 cm³/mol. The molecule has 27 heavy (non-hydrogen) atoms. The van der Waals surface area contributed by atoms with Gasteiger partial charge in [0.05, 0.1) is 12.2 Å². The maximum Gasteiger partial charge on any atom is 0.139 e. The smallest absolute Gasteiger partial charge is 0.139 e. The van der Waals surface area contributed by atoms with Crippen LogP contribution in [-0.4, -0.2) is 43.3 Å². The highest BCUT2D eigenvalue weighted by Gasteiger charge is 2.61. The third kappa shape index (κ3) is 3.20. The van der Waals surface area contributed by atoms with Crippen molar-refractivity contribution in [2.45, 2.75) is 77.2 Å². The highest BCUT2D eigenvalue weighted by Crippen LogP contribution is 2.66. The topological polar surface area (TPSA) is 58.6 Å². The highest BCUT2D eigenvalue weighted by molar-refractivity contribution is 5.87. The Morgan fingerprint density at radius 2 is 1.93 bits per heavy atom. The molecule has 7 atom stereocenters. The molecule has 4 heteroatoms. The van der Waals surface area contributed by atoms with E-state index in [0.29, 0.717) is 36.2 Å². The number of aliphatic hydroxyl groups is 1. The fourth-order valence-electron chi connectivity index (χ4n) is 7.75. The third-order valence-corrected chi connectivity index (χ3v) is 9.47. The third-order valence-electron chi connectivity index (χ3n) is 9.47. The van der Waals surface area contributed by atoms with E-state index in [0.717, 1.165) is 56.9 Å². The number of fused-ring (bicyclic) bond motifs is 5. The second kappa shape index (κ2) is 7.11. The Morgan fingerprint density at radius 1 is 1.11 bits per heavy atom. The van der Waals surface area contributed by atoms with Crippen molar-refractivity contribution in [2.24, 2.45) is 34.5 Å². The van der Waals surface area contributed by atoms with Gasteiger partial charge in [-0.25, -0.2) is 0 Å². The van der Waals surface area contributed by atoms with Gasteiger partial charge in [0.2, 0.25) is 0 Å². The molecular weight excluding hydrogens is 338 g/mol. The number of carbonyl (C=O) groups is 1. The second-order valence-corrected chi connectivity index (χ2v) is 10.7. The van der Waals surface area contributed by atoms with Crippen LogP contribution in [0.1, 0.15) is 71.6 Å². The number of nitrogens with one attached hydrogen (secondary N) is 1. The fraction of sp³-hybridized carbons (Fsp3) is 0.957. The van der Waals surface area contributed by atoms with Gasteiger partial charge < -0.3 is 15.2 Å². The van der Waals surface area contributed by atoms with E-state index in [2.05, 4.69) is 19.2 Å². The summed E-state index contributed by atoms with van der Waals surface area (Å²) < 4.78 is 5.11. The first-order valence-corrected chi connectivity index (χ1v) is 11.3. The molecule has 0 radical (unpaired) electrons. The van der Waals surface area contributed by atoms with E-state index >= 15 is 0 Å². The number of Topliss-reactive ketones (excluding diaryl/α,β-unsaturated/α-hetero) is 1. The van der Waals surface area contributed by atoms with Gasteiger partial charge in [-0.1, -0.05) is 13.8 Å². The van der Waals surface area contributed by atoms with Gasteiger partial charge in [0.15, 0.2) is 0 Å². The predicted octanol–water partition coefficient (Wildman–Crippen LogP) is 3.57. The molecule has 0 unspecified atom stereocenters. The lowest BCUT2D eigenvalue weighted by Gasteiger charge is -2.61. The number of ether oxygens (including phenoxy) is 1. The minimum absolute atomic E-state index is 0.0228. The monoisotopic (exact) mass is 377 g/mol. The molecule has 2 N–H and O–H groups in total. The van der Waals surface area contributed by atoms with E-state index in [-0.39, 0.29) is 5.41 Å². The van der Waals surface area contributed by atoms with Crippen molar-refractivity contribution in [3.8, 4) is 0 Å². The molecule has 0 aromatic rings. The summed E-state index contributed by atoms with van der Waals surface area (Å²) >= 11 is 0.